The van der Waals surface area contributed by atoms with E-state index in [2.05, 4.69) is 4.98 Å². The predicted octanol–water partition coefficient (Wildman–Crippen LogP) is 2.43. The van der Waals surface area contributed by atoms with Crippen molar-refractivity contribution in [2.24, 2.45) is 5.73 Å². The Hall–Kier alpha value is -2.23. The molecule has 1 atom stereocenters. The lowest BCUT2D eigenvalue weighted by molar-refractivity contribution is 0.0904. The Morgan fingerprint density at radius 1 is 0.950 bits per heavy atom. The van der Waals surface area contributed by atoms with E-state index in [9.17, 15) is 5.11 Å². The molecule has 0 fully saturated rings. The average Bonchev–Trinajstić information content (AvgIpc) is 2.54. The van der Waals surface area contributed by atoms with Crippen LogP contribution in [0.3, 0.4) is 0 Å². The molecular formula is C17H16N2O. The summed E-state index contributed by atoms with van der Waals surface area (Å²) >= 11 is 0. The van der Waals surface area contributed by atoms with Crippen molar-refractivity contribution in [1.82, 2.24) is 4.98 Å². The Morgan fingerprint density at radius 3 is 2.50 bits per heavy atom. The summed E-state index contributed by atoms with van der Waals surface area (Å²) in [5.74, 6) is 0. The predicted molar refractivity (Wildman–Crippen MR) is 80.2 cm³/mol. The molecule has 1 aromatic heterocycles. The molecule has 0 aliphatic carbocycles. The summed E-state index contributed by atoms with van der Waals surface area (Å²) < 4.78 is 0. The third-order valence-corrected chi connectivity index (χ3v) is 3.63. The molecule has 0 saturated heterocycles. The van der Waals surface area contributed by atoms with Crippen molar-refractivity contribution in [1.29, 1.82) is 0 Å². The van der Waals surface area contributed by atoms with Crippen molar-refractivity contribution in [3.63, 3.8) is 0 Å². The Kier molecular flexibility index (Phi) is 3.22. The lowest BCUT2D eigenvalue weighted by atomic mass is 9.86. The van der Waals surface area contributed by atoms with E-state index < -0.39 is 5.60 Å². The molecule has 1 heterocycles. The standard InChI is InChI=1S/C17H16N2O/c18-12-17(20,14-6-2-1-3-7-14)15-9-8-13-5-4-10-19-16(13)11-15/h1-11,20H,12,18H2. The largest absolute Gasteiger partial charge is 0.379 e. The van der Waals surface area contributed by atoms with E-state index in [1.165, 1.54) is 0 Å². The molecule has 3 heteroatoms. The van der Waals surface area contributed by atoms with Gasteiger partial charge in [-0.25, -0.2) is 0 Å². The normalized spacial score (nSPS) is 14.1. The molecule has 0 bridgehead atoms. The van der Waals surface area contributed by atoms with E-state index >= 15 is 0 Å². The van der Waals surface area contributed by atoms with Crippen LogP contribution in [0.15, 0.2) is 66.9 Å². The van der Waals surface area contributed by atoms with Gasteiger partial charge in [-0.2, -0.15) is 0 Å². The van der Waals surface area contributed by atoms with Crippen molar-refractivity contribution in [3.8, 4) is 0 Å². The molecule has 3 nitrogen and oxygen atoms in total. The van der Waals surface area contributed by atoms with E-state index in [0.29, 0.717) is 0 Å². The summed E-state index contributed by atoms with van der Waals surface area (Å²) in [4.78, 5) is 4.33. The maximum absolute atomic E-state index is 11.0. The van der Waals surface area contributed by atoms with E-state index in [4.69, 9.17) is 5.73 Å². The van der Waals surface area contributed by atoms with Gasteiger partial charge in [0.15, 0.2) is 0 Å². The fourth-order valence-corrected chi connectivity index (χ4v) is 2.44. The highest BCUT2D eigenvalue weighted by molar-refractivity contribution is 5.79. The highest BCUT2D eigenvalue weighted by Crippen LogP contribution is 2.30. The van der Waals surface area contributed by atoms with Crippen LogP contribution < -0.4 is 5.73 Å². The maximum atomic E-state index is 11.0. The summed E-state index contributed by atoms with van der Waals surface area (Å²) in [5.41, 5.74) is 7.06. The monoisotopic (exact) mass is 264 g/mol. The number of aromatic nitrogens is 1. The lowest BCUT2D eigenvalue weighted by Crippen LogP contribution is -2.36. The number of hydrogen-bond acceptors (Lipinski definition) is 3. The van der Waals surface area contributed by atoms with Crippen LogP contribution in [-0.4, -0.2) is 16.6 Å². The van der Waals surface area contributed by atoms with Crippen molar-refractivity contribution in [2.75, 3.05) is 6.54 Å². The Balaban J connectivity index is 2.16. The van der Waals surface area contributed by atoms with Crippen molar-refractivity contribution in [2.45, 2.75) is 5.60 Å². The second kappa shape index (κ2) is 5.04. The molecule has 0 saturated carbocycles. The fraction of sp³-hybridized carbons (Fsp3) is 0.118. The van der Waals surface area contributed by atoms with Crippen LogP contribution in [0.25, 0.3) is 10.9 Å². The van der Waals surface area contributed by atoms with E-state index in [1.54, 1.807) is 6.20 Å². The molecule has 20 heavy (non-hydrogen) atoms. The molecule has 0 spiro atoms. The summed E-state index contributed by atoms with van der Waals surface area (Å²) in [6.07, 6.45) is 1.75. The zero-order chi connectivity index (χ0) is 14.0. The summed E-state index contributed by atoms with van der Waals surface area (Å²) in [7, 11) is 0. The molecule has 3 aromatic rings. The second-order valence-electron chi connectivity index (χ2n) is 4.84. The van der Waals surface area contributed by atoms with Crippen LogP contribution in [0.1, 0.15) is 11.1 Å². The first-order valence-corrected chi connectivity index (χ1v) is 6.57. The SMILES string of the molecule is NCC(O)(c1ccccc1)c1ccc2cccnc2c1. The second-order valence-corrected chi connectivity index (χ2v) is 4.84. The molecule has 2 aromatic carbocycles. The van der Waals surface area contributed by atoms with Crippen molar-refractivity contribution >= 4 is 10.9 Å². The van der Waals surface area contributed by atoms with Gasteiger partial charge in [-0.05, 0) is 23.3 Å². The number of aliphatic hydroxyl groups is 1. The van der Waals surface area contributed by atoms with E-state index in [1.807, 2.05) is 60.7 Å². The van der Waals surface area contributed by atoms with Gasteiger partial charge in [0.1, 0.15) is 5.60 Å². The van der Waals surface area contributed by atoms with E-state index in [0.717, 1.165) is 22.0 Å². The first-order chi connectivity index (χ1) is 9.74. The number of benzene rings is 2. The number of nitrogens with zero attached hydrogens (tertiary/aromatic N) is 1. The first-order valence-electron chi connectivity index (χ1n) is 6.57. The fourth-order valence-electron chi connectivity index (χ4n) is 2.44. The highest BCUT2D eigenvalue weighted by Gasteiger charge is 2.29. The molecule has 3 rings (SSSR count). The molecule has 0 amide bonds. The maximum Gasteiger partial charge on any atom is 0.127 e. The van der Waals surface area contributed by atoms with Crippen LogP contribution in [0, 0.1) is 0 Å². The number of pyridine rings is 1. The van der Waals surface area contributed by atoms with Crippen LogP contribution in [0.5, 0.6) is 0 Å². The van der Waals surface area contributed by atoms with Gasteiger partial charge < -0.3 is 10.8 Å². The van der Waals surface area contributed by atoms with E-state index in [-0.39, 0.29) is 6.54 Å². The zero-order valence-corrected chi connectivity index (χ0v) is 11.0. The topological polar surface area (TPSA) is 59.1 Å². The lowest BCUT2D eigenvalue weighted by Gasteiger charge is -2.28. The van der Waals surface area contributed by atoms with Gasteiger partial charge in [0.2, 0.25) is 0 Å². The molecule has 3 N–H and O–H groups in total. The minimum Gasteiger partial charge on any atom is -0.379 e. The van der Waals surface area contributed by atoms with Crippen molar-refractivity contribution < 1.29 is 5.11 Å². The third kappa shape index (κ3) is 2.07. The molecule has 0 aliphatic rings. The number of fused-ring (bicyclic) bond motifs is 1. The molecular weight excluding hydrogens is 248 g/mol. The van der Waals surface area contributed by atoms with Crippen LogP contribution in [0.2, 0.25) is 0 Å². The molecule has 1 unspecified atom stereocenters. The first kappa shape index (κ1) is 12.8. The summed E-state index contributed by atoms with van der Waals surface area (Å²) in [6, 6.07) is 19.1. The summed E-state index contributed by atoms with van der Waals surface area (Å²) in [6.45, 7) is 0.120. The average molecular weight is 264 g/mol. The Bertz CT molecular complexity index is 727. The minimum atomic E-state index is -1.19. The van der Waals surface area contributed by atoms with Crippen molar-refractivity contribution in [3.05, 3.63) is 78.0 Å². The molecule has 0 aliphatic heterocycles. The van der Waals surface area contributed by atoms with Crippen LogP contribution >= 0.6 is 0 Å². The number of hydrogen-bond donors (Lipinski definition) is 2. The van der Waals surface area contributed by atoms with Gasteiger partial charge in [0.25, 0.3) is 0 Å². The Labute approximate surface area is 117 Å². The van der Waals surface area contributed by atoms with Gasteiger partial charge in [-0.3, -0.25) is 4.98 Å². The number of nitrogens with two attached hydrogens (primary N) is 1. The number of rotatable bonds is 3. The van der Waals surface area contributed by atoms with Gasteiger partial charge >= 0.3 is 0 Å². The molecule has 0 radical (unpaired) electrons. The quantitative estimate of drug-likeness (QED) is 0.764. The summed E-state index contributed by atoms with van der Waals surface area (Å²) in [5, 5.41) is 12.0. The molecule has 100 valence electrons. The zero-order valence-electron chi connectivity index (χ0n) is 11.0. The third-order valence-electron chi connectivity index (χ3n) is 3.63. The highest BCUT2D eigenvalue weighted by atomic mass is 16.3. The van der Waals surface area contributed by atoms with Gasteiger partial charge in [0, 0.05) is 18.1 Å². The minimum absolute atomic E-state index is 0.120. The van der Waals surface area contributed by atoms with Gasteiger partial charge in [0.05, 0.1) is 5.52 Å². The van der Waals surface area contributed by atoms with Gasteiger partial charge in [-0.15, -0.1) is 0 Å². The Morgan fingerprint density at radius 2 is 1.75 bits per heavy atom. The smallest absolute Gasteiger partial charge is 0.127 e. The van der Waals surface area contributed by atoms with Gasteiger partial charge in [-0.1, -0.05) is 48.5 Å². The van der Waals surface area contributed by atoms with Crippen LogP contribution in [-0.2, 0) is 5.60 Å². The van der Waals surface area contributed by atoms with Crippen LogP contribution in [0.4, 0.5) is 0 Å².